The SMILES string of the molecule is N[C@@H](Cn1cc(-c2ccccc2)nn1)C(=O)NCC1CCN(Cc2ccccc2)CC1. The van der Waals surface area contributed by atoms with Crippen LogP contribution < -0.4 is 11.1 Å². The van der Waals surface area contributed by atoms with Gasteiger partial charge in [-0.15, -0.1) is 5.10 Å². The zero-order valence-electron chi connectivity index (χ0n) is 17.7. The first-order chi connectivity index (χ1) is 15.2. The van der Waals surface area contributed by atoms with Gasteiger partial charge in [-0.25, -0.2) is 4.68 Å². The summed E-state index contributed by atoms with van der Waals surface area (Å²) >= 11 is 0. The Morgan fingerprint density at radius 1 is 1.06 bits per heavy atom. The molecule has 4 rings (SSSR count). The highest BCUT2D eigenvalue weighted by atomic mass is 16.2. The molecule has 162 valence electrons. The van der Waals surface area contributed by atoms with Crippen LogP contribution in [0.25, 0.3) is 11.3 Å². The van der Waals surface area contributed by atoms with E-state index in [0.717, 1.165) is 43.7 Å². The zero-order chi connectivity index (χ0) is 21.5. The third-order valence-corrected chi connectivity index (χ3v) is 5.85. The van der Waals surface area contributed by atoms with Crippen molar-refractivity contribution in [3.05, 3.63) is 72.4 Å². The topological polar surface area (TPSA) is 89.1 Å². The fraction of sp³-hybridized carbons (Fsp3) is 0.375. The fourth-order valence-corrected chi connectivity index (χ4v) is 3.98. The van der Waals surface area contributed by atoms with E-state index >= 15 is 0 Å². The predicted molar refractivity (Wildman–Crippen MR) is 121 cm³/mol. The normalized spacial score (nSPS) is 16.2. The van der Waals surface area contributed by atoms with Gasteiger partial charge in [0.2, 0.25) is 5.91 Å². The third kappa shape index (κ3) is 5.99. The lowest BCUT2D eigenvalue weighted by Crippen LogP contribution is -2.46. The molecule has 0 unspecified atom stereocenters. The largest absolute Gasteiger partial charge is 0.354 e. The number of amides is 1. The van der Waals surface area contributed by atoms with Gasteiger partial charge >= 0.3 is 0 Å². The number of rotatable bonds is 8. The molecule has 1 amide bonds. The second kappa shape index (κ2) is 10.3. The Morgan fingerprint density at radius 2 is 1.74 bits per heavy atom. The molecule has 0 aliphatic carbocycles. The number of hydrogen-bond acceptors (Lipinski definition) is 5. The number of aromatic nitrogens is 3. The lowest BCUT2D eigenvalue weighted by molar-refractivity contribution is -0.123. The van der Waals surface area contributed by atoms with Crippen molar-refractivity contribution in [2.45, 2.75) is 32.0 Å². The smallest absolute Gasteiger partial charge is 0.238 e. The Balaban J connectivity index is 1.18. The molecule has 1 aliphatic heterocycles. The van der Waals surface area contributed by atoms with Gasteiger partial charge in [0.25, 0.3) is 0 Å². The van der Waals surface area contributed by atoms with Crippen LogP contribution in [0.5, 0.6) is 0 Å². The van der Waals surface area contributed by atoms with E-state index in [1.165, 1.54) is 5.56 Å². The van der Waals surface area contributed by atoms with Crippen molar-refractivity contribution in [2.24, 2.45) is 11.7 Å². The molecule has 2 heterocycles. The zero-order valence-corrected chi connectivity index (χ0v) is 17.7. The highest BCUT2D eigenvalue weighted by molar-refractivity contribution is 5.81. The first-order valence-electron chi connectivity index (χ1n) is 10.9. The molecule has 1 aromatic heterocycles. The lowest BCUT2D eigenvalue weighted by Gasteiger charge is -2.32. The number of nitrogens with two attached hydrogens (primary N) is 1. The molecular weight excluding hydrogens is 388 g/mol. The Morgan fingerprint density at radius 3 is 2.45 bits per heavy atom. The van der Waals surface area contributed by atoms with Gasteiger partial charge in [0, 0.05) is 18.7 Å². The van der Waals surface area contributed by atoms with Crippen LogP contribution in [0.2, 0.25) is 0 Å². The minimum atomic E-state index is -0.650. The molecule has 2 aromatic carbocycles. The summed E-state index contributed by atoms with van der Waals surface area (Å²) in [7, 11) is 0. The lowest BCUT2D eigenvalue weighted by atomic mass is 9.96. The van der Waals surface area contributed by atoms with Crippen molar-refractivity contribution in [1.29, 1.82) is 0 Å². The monoisotopic (exact) mass is 418 g/mol. The highest BCUT2D eigenvalue weighted by Gasteiger charge is 2.21. The second-order valence-corrected chi connectivity index (χ2v) is 8.25. The van der Waals surface area contributed by atoms with E-state index in [1.807, 2.05) is 42.6 Å². The summed E-state index contributed by atoms with van der Waals surface area (Å²) in [4.78, 5) is 14.9. The van der Waals surface area contributed by atoms with Crippen LogP contribution in [0.4, 0.5) is 0 Å². The number of nitrogens with zero attached hydrogens (tertiary/aromatic N) is 4. The van der Waals surface area contributed by atoms with Crippen molar-refractivity contribution in [3.8, 4) is 11.3 Å². The number of likely N-dealkylation sites (tertiary alicyclic amines) is 1. The van der Waals surface area contributed by atoms with Gasteiger partial charge in [-0.1, -0.05) is 65.9 Å². The molecule has 7 heteroatoms. The van der Waals surface area contributed by atoms with Crippen LogP contribution in [0.1, 0.15) is 18.4 Å². The maximum Gasteiger partial charge on any atom is 0.238 e. The Bertz CT molecular complexity index is 950. The van der Waals surface area contributed by atoms with E-state index in [9.17, 15) is 4.79 Å². The Kier molecular flexibility index (Phi) is 7.07. The van der Waals surface area contributed by atoms with Crippen LogP contribution in [0.15, 0.2) is 66.9 Å². The third-order valence-electron chi connectivity index (χ3n) is 5.85. The van der Waals surface area contributed by atoms with Gasteiger partial charge in [-0.05, 0) is 37.4 Å². The summed E-state index contributed by atoms with van der Waals surface area (Å²) in [6.07, 6.45) is 4.00. The van der Waals surface area contributed by atoms with Gasteiger partial charge in [0.15, 0.2) is 0 Å². The first-order valence-corrected chi connectivity index (χ1v) is 10.9. The molecule has 0 radical (unpaired) electrons. The minimum absolute atomic E-state index is 0.136. The molecule has 0 spiro atoms. The van der Waals surface area contributed by atoms with Crippen LogP contribution >= 0.6 is 0 Å². The molecule has 0 saturated carbocycles. The van der Waals surface area contributed by atoms with Crippen molar-refractivity contribution in [3.63, 3.8) is 0 Å². The minimum Gasteiger partial charge on any atom is -0.354 e. The Labute approximate surface area is 183 Å². The van der Waals surface area contributed by atoms with Crippen LogP contribution in [-0.4, -0.2) is 51.5 Å². The molecule has 31 heavy (non-hydrogen) atoms. The number of piperidine rings is 1. The highest BCUT2D eigenvalue weighted by Crippen LogP contribution is 2.18. The molecule has 1 aliphatic rings. The average molecular weight is 419 g/mol. The van der Waals surface area contributed by atoms with E-state index in [0.29, 0.717) is 19.0 Å². The summed E-state index contributed by atoms with van der Waals surface area (Å²) in [5.74, 6) is 0.364. The maximum absolute atomic E-state index is 12.5. The fourth-order valence-electron chi connectivity index (χ4n) is 3.98. The molecular formula is C24H30N6O. The van der Waals surface area contributed by atoms with E-state index in [1.54, 1.807) is 4.68 Å². The molecule has 1 atom stereocenters. The van der Waals surface area contributed by atoms with Crippen molar-refractivity contribution < 1.29 is 4.79 Å². The Hall–Kier alpha value is -3.03. The van der Waals surface area contributed by atoms with Gasteiger partial charge in [-0.3, -0.25) is 9.69 Å². The van der Waals surface area contributed by atoms with E-state index in [-0.39, 0.29) is 5.91 Å². The number of nitrogens with one attached hydrogen (secondary N) is 1. The molecule has 1 saturated heterocycles. The molecule has 7 nitrogen and oxygen atoms in total. The summed E-state index contributed by atoms with van der Waals surface area (Å²) < 4.78 is 1.63. The standard InChI is InChI=1S/C24H30N6O/c25-22(17-30-18-23(27-28-30)21-9-5-2-6-10-21)24(31)26-15-19-11-13-29(14-12-19)16-20-7-3-1-4-8-20/h1-10,18-19,22H,11-17,25H2,(H,26,31)/t22-/m0/s1. The van der Waals surface area contributed by atoms with Crippen LogP contribution in [-0.2, 0) is 17.9 Å². The summed E-state index contributed by atoms with van der Waals surface area (Å²) in [6.45, 7) is 4.10. The molecule has 3 N–H and O–H groups in total. The van der Waals surface area contributed by atoms with E-state index < -0.39 is 6.04 Å². The first kappa shape index (κ1) is 21.2. The summed E-state index contributed by atoms with van der Waals surface area (Å²) in [6, 6.07) is 19.7. The molecule has 1 fully saturated rings. The number of hydrogen-bond donors (Lipinski definition) is 2. The predicted octanol–water partition coefficient (Wildman–Crippen LogP) is 2.30. The van der Waals surface area contributed by atoms with Crippen molar-refractivity contribution in [1.82, 2.24) is 25.2 Å². The van der Waals surface area contributed by atoms with E-state index in [2.05, 4.69) is 44.8 Å². The van der Waals surface area contributed by atoms with Gasteiger partial charge < -0.3 is 11.1 Å². The molecule has 0 bridgehead atoms. The van der Waals surface area contributed by atoms with Gasteiger partial charge in [0.1, 0.15) is 11.7 Å². The quantitative estimate of drug-likeness (QED) is 0.586. The number of carbonyl (C=O) groups excluding carboxylic acids is 1. The van der Waals surface area contributed by atoms with Crippen molar-refractivity contribution >= 4 is 5.91 Å². The second-order valence-electron chi connectivity index (χ2n) is 8.25. The maximum atomic E-state index is 12.5. The van der Waals surface area contributed by atoms with Crippen LogP contribution in [0.3, 0.4) is 0 Å². The number of carbonyl (C=O) groups is 1. The summed E-state index contributed by atoms with van der Waals surface area (Å²) in [5.41, 5.74) is 9.23. The van der Waals surface area contributed by atoms with Crippen LogP contribution in [0, 0.1) is 5.92 Å². The summed E-state index contributed by atoms with van der Waals surface area (Å²) in [5, 5.41) is 11.3. The average Bonchev–Trinajstić information content (AvgIpc) is 3.28. The van der Waals surface area contributed by atoms with Crippen molar-refractivity contribution in [2.75, 3.05) is 19.6 Å². The van der Waals surface area contributed by atoms with Gasteiger partial charge in [0.05, 0.1) is 12.7 Å². The molecule has 3 aromatic rings. The van der Waals surface area contributed by atoms with E-state index in [4.69, 9.17) is 5.73 Å². The number of benzene rings is 2. The van der Waals surface area contributed by atoms with Gasteiger partial charge in [-0.2, -0.15) is 0 Å².